The standard InChI is InChI=1S/C33H35N9O2/c1-40-14-4-5-28(40)30-35-19-25(20-36-30)27-17-24-18-37-33(38-26-8-6-22(7-9-26)23-10-12-34-13-11-23)39-31(24)42(32(27)44)21-29(43)41-15-2-3-16-41/h4-9,14,17-20,23,34H,2-3,10-13,15-16,21H2,1H3,(H,37,38,39). The number of carbonyl (C=O) groups excluding carboxylic acids is 1. The van der Waals surface area contributed by atoms with E-state index in [-0.39, 0.29) is 18.0 Å². The Kier molecular flexibility index (Phi) is 7.61. The second kappa shape index (κ2) is 12.0. The molecule has 11 heteroatoms. The van der Waals surface area contributed by atoms with Crippen LogP contribution in [-0.4, -0.2) is 66.1 Å². The molecule has 1 amide bonds. The molecule has 2 aliphatic heterocycles. The Morgan fingerprint density at radius 2 is 1.75 bits per heavy atom. The van der Waals surface area contributed by atoms with E-state index in [1.807, 2.05) is 47.0 Å². The molecule has 224 valence electrons. The van der Waals surface area contributed by atoms with Crippen LogP contribution in [-0.2, 0) is 18.4 Å². The quantitative estimate of drug-likeness (QED) is 0.291. The van der Waals surface area contributed by atoms with Crippen LogP contribution in [0.5, 0.6) is 0 Å². The predicted octanol–water partition coefficient (Wildman–Crippen LogP) is 4.09. The summed E-state index contributed by atoms with van der Waals surface area (Å²) in [5, 5.41) is 7.35. The number of aromatic nitrogens is 6. The summed E-state index contributed by atoms with van der Waals surface area (Å²) >= 11 is 0. The molecule has 2 aliphatic rings. The van der Waals surface area contributed by atoms with E-state index in [1.165, 1.54) is 10.1 Å². The van der Waals surface area contributed by atoms with E-state index >= 15 is 0 Å². The van der Waals surface area contributed by atoms with Crippen molar-refractivity contribution in [3.63, 3.8) is 0 Å². The first kappa shape index (κ1) is 27.9. The molecule has 0 aliphatic carbocycles. The van der Waals surface area contributed by atoms with Crippen molar-refractivity contribution in [2.45, 2.75) is 38.1 Å². The average Bonchev–Trinajstić information content (AvgIpc) is 3.76. The lowest BCUT2D eigenvalue weighted by atomic mass is 9.90. The van der Waals surface area contributed by atoms with Crippen molar-refractivity contribution in [1.29, 1.82) is 0 Å². The van der Waals surface area contributed by atoms with Crippen LogP contribution in [0.2, 0.25) is 0 Å². The van der Waals surface area contributed by atoms with Gasteiger partial charge >= 0.3 is 0 Å². The first-order valence-corrected chi connectivity index (χ1v) is 15.2. The van der Waals surface area contributed by atoms with Gasteiger partial charge in [0.1, 0.15) is 12.2 Å². The fourth-order valence-corrected chi connectivity index (χ4v) is 6.19. The van der Waals surface area contributed by atoms with Gasteiger partial charge in [0.15, 0.2) is 5.82 Å². The monoisotopic (exact) mass is 589 g/mol. The lowest BCUT2D eigenvalue weighted by Crippen LogP contribution is -2.35. The Morgan fingerprint density at radius 1 is 1.00 bits per heavy atom. The van der Waals surface area contributed by atoms with Crippen LogP contribution in [0.3, 0.4) is 0 Å². The van der Waals surface area contributed by atoms with Crippen LogP contribution in [0, 0.1) is 0 Å². The summed E-state index contributed by atoms with van der Waals surface area (Å²) in [6.45, 7) is 3.40. The molecular weight excluding hydrogens is 554 g/mol. The molecule has 2 saturated heterocycles. The van der Waals surface area contributed by atoms with Crippen LogP contribution in [0.15, 0.2) is 72.0 Å². The van der Waals surface area contributed by atoms with Gasteiger partial charge in [-0.15, -0.1) is 0 Å². The molecule has 0 radical (unpaired) electrons. The van der Waals surface area contributed by atoms with Gasteiger partial charge < -0.3 is 20.1 Å². The van der Waals surface area contributed by atoms with Crippen LogP contribution in [0.1, 0.15) is 37.2 Å². The zero-order valence-electron chi connectivity index (χ0n) is 24.7. The fraction of sp³-hybridized carbons (Fsp3) is 0.333. The van der Waals surface area contributed by atoms with Gasteiger partial charge in [0.05, 0.1) is 11.3 Å². The van der Waals surface area contributed by atoms with Crippen LogP contribution in [0.4, 0.5) is 11.6 Å². The summed E-state index contributed by atoms with van der Waals surface area (Å²) in [4.78, 5) is 47.5. The Bertz CT molecular complexity index is 1850. The minimum absolute atomic E-state index is 0.0972. The Morgan fingerprint density at radius 3 is 2.45 bits per heavy atom. The fourth-order valence-electron chi connectivity index (χ4n) is 6.19. The van der Waals surface area contributed by atoms with Crippen molar-refractivity contribution in [3.05, 3.63) is 83.2 Å². The average molecular weight is 590 g/mol. The third kappa shape index (κ3) is 5.58. The van der Waals surface area contributed by atoms with Crippen LogP contribution < -0.4 is 16.2 Å². The zero-order valence-corrected chi connectivity index (χ0v) is 24.7. The lowest BCUT2D eigenvalue weighted by Gasteiger charge is -2.23. The highest BCUT2D eigenvalue weighted by atomic mass is 16.2. The number of pyridine rings is 1. The topological polar surface area (TPSA) is 123 Å². The van der Waals surface area contributed by atoms with Crippen molar-refractivity contribution in [2.24, 2.45) is 7.05 Å². The van der Waals surface area contributed by atoms with Crippen LogP contribution in [0.25, 0.3) is 33.7 Å². The van der Waals surface area contributed by atoms with Gasteiger partial charge in [0, 0.05) is 61.6 Å². The van der Waals surface area contributed by atoms with E-state index < -0.39 is 0 Å². The van der Waals surface area contributed by atoms with E-state index in [4.69, 9.17) is 4.98 Å². The van der Waals surface area contributed by atoms with Crippen molar-refractivity contribution >= 4 is 28.6 Å². The first-order chi connectivity index (χ1) is 21.5. The number of piperidine rings is 1. The van der Waals surface area contributed by atoms with Gasteiger partial charge in [0.2, 0.25) is 11.9 Å². The highest BCUT2D eigenvalue weighted by Crippen LogP contribution is 2.27. The molecule has 0 bridgehead atoms. The van der Waals surface area contributed by atoms with E-state index in [9.17, 15) is 9.59 Å². The third-order valence-corrected chi connectivity index (χ3v) is 8.69. The highest BCUT2D eigenvalue weighted by molar-refractivity contribution is 5.84. The van der Waals surface area contributed by atoms with Crippen molar-refractivity contribution in [3.8, 4) is 22.6 Å². The number of hydrogen-bond donors (Lipinski definition) is 2. The van der Waals surface area contributed by atoms with Gasteiger partial charge in [-0.1, -0.05) is 12.1 Å². The molecule has 2 fully saturated rings. The number of rotatable bonds is 7. The molecule has 5 aromatic rings. The van der Waals surface area contributed by atoms with Crippen molar-refractivity contribution in [2.75, 3.05) is 31.5 Å². The normalized spacial score (nSPS) is 15.6. The number of nitrogens with zero attached hydrogens (tertiary/aromatic N) is 7. The molecule has 1 aromatic carbocycles. The summed E-state index contributed by atoms with van der Waals surface area (Å²) in [6.07, 6.45) is 11.1. The number of anilines is 2. The second-order valence-electron chi connectivity index (χ2n) is 11.6. The molecule has 11 nitrogen and oxygen atoms in total. The van der Waals surface area contributed by atoms with Gasteiger partial charge in [-0.25, -0.2) is 15.0 Å². The Balaban J connectivity index is 1.23. The smallest absolute Gasteiger partial charge is 0.260 e. The second-order valence-corrected chi connectivity index (χ2v) is 11.6. The largest absolute Gasteiger partial charge is 0.348 e. The highest BCUT2D eigenvalue weighted by Gasteiger charge is 2.22. The summed E-state index contributed by atoms with van der Waals surface area (Å²) in [7, 11) is 1.93. The Hall–Kier alpha value is -4.90. The van der Waals surface area contributed by atoms with Gasteiger partial charge in [-0.2, -0.15) is 4.98 Å². The summed E-state index contributed by atoms with van der Waals surface area (Å²) in [5.41, 5.74) is 4.09. The maximum atomic E-state index is 14.0. The predicted molar refractivity (Wildman–Crippen MR) is 170 cm³/mol. The van der Waals surface area contributed by atoms with Crippen molar-refractivity contribution in [1.82, 2.24) is 39.3 Å². The third-order valence-electron chi connectivity index (χ3n) is 8.69. The maximum Gasteiger partial charge on any atom is 0.260 e. The van der Waals surface area contributed by atoms with Gasteiger partial charge in [0.25, 0.3) is 5.56 Å². The molecule has 44 heavy (non-hydrogen) atoms. The van der Waals surface area contributed by atoms with E-state index in [0.29, 0.717) is 52.9 Å². The number of likely N-dealkylation sites (tertiary alicyclic amines) is 1. The number of nitrogens with one attached hydrogen (secondary N) is 2. The molecule has 0 saturated carbocycles. The summed E-state index contributed by atoms with van der Waals surface area (Å²) in [5.74, 6) is 1.39. The van der Waals surface area contributed by atoms with Gasteiger partial charge in [-0.3, -0.25) is 14.2 Å². The summed E-state index contributed by atoms with van der Waals surface area (Å²) in [6, 6.07) is 14.0. The van der Waals surface area contributed by atoms with Crippen molar-refractivity contribution < 1.29 is 4.79 Å². The Labute approximate surface area is 255 Å². The number of aryl methyl sites for hydroxylation is 1. The van der Waals surface area contributed by atoms with E-state index in [0.717, 1.165) is 50.2 Å². The SMILES string of the molecule is Cn1cccc1-c1ncc(-c2cc3cnc(Nc4ccc(C5CCNCC5)cc4)nc3n(CC(=O)N3CCCC3)c2=O)cn1. The number of amides is 1. The molecule has 7 rings (SSSR count). The maximum absolute atomic E-state index is 14.0. The number of fused-ring (bicyclic) bond motifs is 1. The molecule has 4 aromatic heterocycles. The molecule has 0 atom stereocenters. The molecular formula is C33H35N9O2. The zero-order chi connectivity index (χ0) is 30.0. The number of carbonyl (C=O) groups is 1. The lowest BCUT2D eigenvalue weighted by molar-refractivity contribution is -0.130. The molecule has 0 unspecified atom stereocenters. The van der Waals surface area contributed by atoms with E-state index in [2.05, 4.69) is 37.7 Å². The first-order valence-electron chi connectivity index (χ1n) is 15.2. The van der Waals surface area contributed by atoms with Gasteiger partial charge in [-0.05, 0) is 80.6 Å². The molecule has 0 spiro atoms. The molecule has 6 heterocycles. The minimum Gasteiger partial charge on any atom is -0.348 e. The minimum atomic E-state index is -0.323. The number of hydrogen-bond acceptors (Lipinski definition) is 8. The van der Waals surface area contributed by atoms with E-state index in [1.54, 1.807) is 24.7 Å². The van der Waals surface area contributed by atoms with Crippen LogP contribution >= 0.6 is 0 Å². The number of benzene rings is 1. The molecule has 2 N–H and O–H groups in total. The summed E-state index contributed by atoms with van der Waals surface area (Å²) < 4.78 is 3.40.